The summed E-state index contributed by atoms with van der Waals surface area (Å²) in [6, 6.07) is 13.7. The van der Waals surface area contributed by atoms with Gasteiger partial charge >= 0.3 is 0 Å². The maximum Gasteiger partial charge on any atom is 0.282 e. The fourth-order valence-electron chi connectivity index (χ4n) is 2.46. The Hall–Kier alpha value is -2.35. The largest absolute Gasteiger partial charge is 0.346 e. The molecule has 0 unspecified atom stereocenters. The topological polar surface area (TPSA) is 58.1 Å². The molecule has 1 N–H and O–H groups in total. The molecule has 0 aliphatic heterocycles. The van der Waals surface area contributed by atoms with Crippen molar-refractivity contribution in [2.45, 2.75) is 19.6 Å². The van der Waals surface area contributed by atoms with E-state index in [9.17, 15) is 9.18 Å². The summed E-state index contributed by atoms with van der Waals surface area (Å²) in [6.45, 7) is 1.64. The summed E-state index contributed by atoms with van der Waals surface area (Å²) >= 11 is 7.16. The summed E-state index contributed by atoms with van der Waals surface area (Å²) in [4.78, 5) is 14.3. The Morgan fingerprint density at radius 3 is 2.44 bits per heavy atom. The zero-order chi connectivity index (χ0) is 19.2. The lowest BCUT2D eigenvalue weighted by molar-refractivity contribution is 0.0950. The second-order valence-corrected chi connectivity index (χ2v) is 7.61. The van der Waals surface area contributed by atoms with Crippen LogP contribution in [0, 0.1) is 5.82 Å². The molecule has 0 fully saturated rings. The van der Waals surface area contributed by atoms with Crippen molar-refractivity contribution in [1.82, 2.24) is 20.4 Å². The van der Waals surface area contributed by atoms with E-state index in [-0.39, 0.29) is 11.7 Å². The monoisotopic (exact) mass is 404 g/mol. The van der Waals surface area contributed by atoms with Crippen molar-refractivity contribution in [3.8, 4) is 0 Å². The molecule has 0 bridgehead atoms. The first-order valence-electron chi connectivity index (χ1n) is 8.27. The minimum Gasteiger partial charge on any atom is -0.346 e. The average molecular weight is 405 g/mol. The van der Waals surface area contributed by atoms with Crippen LogP contribution in [0.1, 0.15) is 25.9 Å². The molecule has 0 aliphatic carbocycles. The Labute approximate surface area is 165 Å². The van der Waals surface area contributed by atoms with E-state index in [4.69, 9.17) is 11.6 Å². The first-order chi connectivity index (χ1) is 13.0. The smallest absolute Gasteiger partial charge is 0.282 e. The fraction of sp³-hybridized carbons (Fsp3) is 0.211. The molecule has 0 radical (unpaired) electrons. The molecule has 140 valence electrons. The van der Waals surface area contributed by atoms with Crippen LogP contribution in [-0.2, 0) is 19.6 Å². The van der Waals surface area contributed by atoms with Crippen LogP contribution in [-0.4, -0.2) is 28.1 Å². The maximum absolute atomic E-state index is 12.9. The first-order valence-corrected chi connectivity index (χ1v) is 9.47. The quantitative estimate of drug-likeness (QED) is 0.649. The van der Waals surface area contributed by atoms with Gasteiger partial charge in [0.1, 0.15) is 10.8 Å². The van der Waals surface area contributed by atoms with E-state index < -0.39 is 0 Å². The molecule has 0 saturated carbocycles. The molecule has 0 spiro atoms. The summed E-state index contributed by atoms with van der Waals surface area (Å²) in [5.74, 6) is -0.593. The highest BCUT2D eigenvalue weighted by atomic mass is 35.5. The van der Waals surface area contributed by atoms with Crippen molar-refractivity contribution in [2.24, 2.45) is 0 Å². The SMILES string of the molecule is CN(Cc1ccc(Cl)cc1)Cc1nnc(C(=O)NCc2ccc(F)cc2)s1. The molecule has 1 amide bonds. The van der Waals surface area contributed by atoms with E-state index in [1.165, 1.54) is 23.5 Å². The molecule has 3 aromatic rings. The Morgan fingerprint density at radius 2 is 1.74 bits per heavy atom. The van der Waals surface area contributed by atoms with E-state index in [0.29, 0.717) is 23.1 Å². The number of nitrogens with zero attached hydrogens (tertiary/aromatic N) is 3. The predicted molar refractivity (Wildman–Crippen MR) is 104 cm³/mol. The lowest BCUT2D eigenvalue weighted by atomic mass is 10.2. The molecule has 0 saturated heterocycles. The summed E-state index contributed by atoms with van der Waals surface area (Å²) < 4.78 is 12.9. The van der Waals surface area contributed by atoms with Crippen LogP contribution in [0.5, 0.6) is 0 Å². The lowest BCUT2D eigenvalue weighted by Crippen LogP contribution is -2.22. The molecular formula is C19H18ClFN4OS. The lowest BCUT2D eigenvalue weighted by Gasteiger charge is -2.14. The van der Waals surface area contributed by atoms with Crippen LogP contribution < -0.4 is 5.32 Å². The number of nitrogens with one attached hydrogen (secondary N) is 1. The Bertz CT molecular complexity index is 899. The van der Waals surface area contributed by atoms with Gasteiger partial charge in [-0.3, -0.25) is 9.69 Å². The summed E-state index contributed by atoms with van der Waals surface area (Å²) in [5.41, 5.74) is 1.96. The van der Waals surface area contributed by atoms with Gasteiger partial charge in [-0.2, -0.15) is 0 Å². The van der Waals surface area contributed by atoms with E-state index in [1.807, 2.05) is 31.3 Å². The molecule has 0 atom stereocenters. The third-order valence-electron chi connectivity index (χ3n) is 3.80. The highest BCUT2D eigenvalue weighted by Crippen LogP contribution is 2.15. The van der Waals surface area contributed by atoms with Gasteiger partial charge in [-0.1, -0.05) is 47.2 Å². The molecule has 2 aromatic carbocycles. The van der Waals surface area contributed by atoms with Crippen LogP contribution in [0.2, 0.25) is 5.02 Å². The van der Waals surface area contributed by atoms with Gasteiger partial charge in [0, 0.05) is 18.1 Å². The number of carbonyl (C=O) groups is 1. The van der Waals surface area contributed by atoms with E-state index >= 15 is 0 Å². The number of hydrogen-bond donors (Lipinski definition) is 1. The normalized spacial score (nSPS) is 11.0. The van der Waals surface area contributed by atoms with Crippen molar-refractivity contribution in [2.75, 3.05) is 7.05 Å². The third kappa shape index (κ3) is 5.82. The highest BCUT2D eigenvalue weighted by molar-refractivity contribution is 7.13. The number of halogens is 2. The van der Waals surface area contributed by atoms with Gasteiger partial charge in [0.05, 0.1) is 6.54 Å². The summed E-state index contributed by atoms with van der Waals surface area (Å²) in [5, 5.41) is 12.6. The minimum absolute atomic E-state index is 0.288. The minimum atomic E-state index is -0.304. The fourth-order valence-corrected chi connectivity index (χ4v) is 3.42. The third-order valence-corrected chi connectivity index (χ3v) is 4.96. The number of amides is 1. The maximum atomic E-state index is 12.9. The molecule has 27 heavy (non-hydrogen) atoms. The van der Waals surface area contributed by atoms with Crippen LogP contribution in [0.3, 0.4) is 0 Å². The van der Waals surface area contributed by atoms with Gasteiger partial charge in [-0.25, -0.2) is 4.39 Å². The molecule has 1 aromatic heterocycles. The molecular weight excluding hydrogens is 387 g/mol. The van der Waals surface area contributed by atoms with E-state index in [2.05, 4.69) is 20.4 Å². The average Bonchev–Trinajstić information content (AvgIpc) is 3.11. The Balaban J connectivity index is 1.51. The second kappa shape index (κ2) is 9.03. The number of benzene rings is 2. The van der Waals surface area contributed by atoms with E-state index in [1.54, 1.807) is 12.1 Å². The van der Waals surface area contributed by atoms with Gasteiger partial charge < -0.3 is 5.32 Å². The summed E-state index contributed by atoms with van der Waals surface area (Å²) in [6.07, 6.45) is 0. The second-order valence-electron chi connectivity index (χ2n) is 6.11. The van der Waals surface area contributed by atoms with Crippen molar-refractivity contribution < 1.29 is 9.18 Å². The van der Waals surface area contributed by atoms with Crippen molar-refractivity contribution >= 4 is 28.8 Å². The van der Waals surface area contributed by atoms with Crippen LogP contribution in [0.4, 0.5) is 4.39 Å². The zero-order valence-corrected chi connectivity index (χ0v) is 16.2. The van der Waals surface area contributed by atoms with Gasteiger partial charge in [0.15, 0.2) is 0 Å². The zero-order valence-electron chi connectivity index (χ0n) is 14.7. The predicted octanol–water partition coefficient (Wildman–Crippen LogP) is 3.89. The van der Waals surface area contributed by atoms with Crippen LogP contribution in [0.15, 0.2) is 48.5 Å². The first kappa shape index (κ1) is 19.4. The molecule has 8 heteroatoms. The van der Waals surface area contributed by atoms with Gasteiger partial charge in [0.25, 0.3) is 5.91 Å². The molecule has 5 nitrogen and oxygen atoms in total. The van der Waals surface area contributed by atoms with E-state index in [0.717, 1.165) is 22.7 Å². The number of carbonyl (C=O) groups excluding carboxylic acids is 1. The van der Waals surface area contributed by atoms with Gasteiger partial charge in [-0.15, -0.1) is 10.2 Å². The number of aromatic nitrogens is 2. The molecule has 1 heterocycles. The highest BCUT2D eigenvalue weighted by Gasteiger charge is 2.14. The van der Waals surface area contributed by atoms with Crippen LogP contribution >= 0.6 is 22.9 Å². The summed E-state index contributed by atoms with van der Waals surface area (Å²) in [7, 11) is 1.98. The molecule has 0 aliphatic rings. The van der Waals surface area contributed by atoms with Crippen molar-refractivity contribution in [3.63, 3.8) is 0 Å². The van der Waals surface area contributed by atoms with Gasteiger partial charge in [-0.05, 0) is 42.4 Å². The number of rotatable bonds is 7. The standard InChI is InChI=1S/C19H18ClFN4OS/c1-25(11-14-2-6-15(20)7-3-14)12-17-23-24-19(27-17)18(26)22-10-13-4-8-16(21)9-5-13/h2-9H,10-12H2,1H3,(H,22,26). The van der Waals surface area contributed by atoms with Crippen molar-refractivity contribution in [1.29, 1.82) is 0 Å². The Morgan fingerprint density at radius 1 is 1.07 bits per heavy atom. The van der Waals surface area contributed by atoms with Gasteiger partial charge in [0.2, 0.25) is 5.01 Å². The number of hydrogen-bond acceptors (Lipinski definition) is 5. The molecule has 3 rings (SSSR count). The van der Waals surface area contributed by atoms with Crippen LogP contribution in [0.25, 0.3) is 0 Å². The Kier molecular flexibility index (Phi) is 6.49. The van der Waals surface area contributed by atoms with Crippen molar-refractivity contribution in [3.05, 3.63) is 80.5 Å².